The van der Waals surface area contributed by atoms with Gasteiger partial charge < -0.3 is 18.9 Å². The van der Waals surface area contributed by atoms with Gasteiger partial charge in [0, 0.05) is 24.1 Å². The molecule has 14 heteroatoms. The molecule has 1 amide bonds. The van der Waals surface area contributed by atoms with Gasteiger partial charge in [0.15, 0.2) is 11.5 Å². The van der Waals surface area contributed by atoms with Crippen LogP contribution in [0.5, 0.6) is 11.5 Å². The van der Waals surface area contributed by atoms with Crippen LogP contribution < -0.4 is 9.47 Å². The van der Waals surface area contributed by atoms with Gasteiger partial charge in [-0.15, -0.1) is 0 Å². The summed E-state index contributed by atoms with van der Waals surface area (Å²) in [5.74, 6) is -0.159. The van der Waals surface area contributed by atoms with Crippen molar-refractivity contribution in [1.82, 2.24) is 19.7 Å². The summed E-state index contributed by atoms with van der Waals surface area (Å²) in [6, 6.07) is 4.48. The fourth-order valence-corrected chi connectivity index (χ4v) is 4.40. The number of halogens is 4. The van der Waals surface area contributed by atoms with E-state index in [1.807, 2.05) is 0 Å². The van der Waals surface area contributed by atoms with E-state index >= 15 is 0 Å². The molecule has 2 unspecified atom stereocenters. The molecule has 0 spiro atoms. The summed E-state index contributed by atoms with van der Waals surface area (Å²) in [6.45, 7) is 5.08. The monoisotopic (exact) mass is 570 g/mol. The molecule has 0 bridgehead atoms. The molecule has 0 N–H and O–H groups in total. The second-order valence-electron chi connectivity index (χ2n) is 9.75. The number of esters is 1. The number of carbonyl (C=O) groups excluding carboxylic acids is 2. The number of fused-ring (bicyclic) bond motifs is 1. The van der Waals surface area contributed by atoms with Crippen LogP contribution in [0, 0.1) is 0 Å². The Morgan fingerprint density at radius 1 is 1.10 bits per heavy atom. The summed E-state index contributed by atoms with van der Waals surface area (Å²) < 4.78 is 62.3. The van der Waals surface area contributed by atoms with Crippen molar-refractivity contribution in [3.05, 3.63) is 41.2 Å². The Morgan fingerprint density at radius 2 is 1.82 bits per heavy atom. The lowest BCUT2D eigenvalue weighted by molar-refractivity contribution is -0.145. The number of carbonyl (C=O) groups is 2. The summed E-state index contributed by atoms with van der Waals surface area (Å²) in [4.78, 5) is 30.9. The van der Waals surface area contributed by atoms with Gasteiger partial charge in [0.25, 0.3) is 0 Å². The van der Waals surface area contributed by atoms with Crippen LogP contribution in [0.15, 0.2) is 30.5 Å². The lowest BCUT2D eigenvalue weighted by Gasteiger charge is -2.27. The quantitative estimate of drug-likeness (QED) is 0.393. The molecule has 0 radical (unpaired) electrons. The van der Waals surface area contributed by atoms with Crippen LogP contribution in [-0.4, -0.2) is 70.2 Å². The number of likely N-dealkylation sites (tertiary alicyclic amines) is 1. The van der Waals surface area contributed by atoms with E-state index < -0.39 is 41.7 Å². The molecule has 0 aliphatic carbocycles. The Hall–Kier alpha value is -3.74. The molecule has 210 valence electrons. The number of amides is 1. The average Bonchev–Trinajstić information content (AvgIpc) is 3.51. The second-order valence-corrected chi connectivity index (χ2v) is 10.1. The Morgan fingerprint density at radius 3 is 2.41 bits per heavy atom. The van der Waals surface area contributed by atoms with Gasteiger partial charge in [0.05, 0.1) is 26.3 Å². The summed E-state index contributed by atoms with van der Waals surface area (Å²) in [5, 5.41) is 4.13. The van der Waals surface area contributed by atoms with Crippen LogP contribution in [0.25, 0.3) is 16.7 Å². The van der Waals surface area contributed by atoms with E-state index in [1.54, 1.807) is 32.9 Å². The maximum absolute atomic E-state index is 13.2. The summed E-state index contributed by atoms with van der Waals surface area (Å²) in [7, 11) is 2.62. The number of nitrogens with zero attached hydrogens (tertiary/aromatic N) is 4. The minimum atomic E-state index is -4.65. The number of hydrogen-bond donors (Lipinski definition) is 0. The molecule has 1 aliphatic heterocycles. The Labute approximate surface area is 226 Å². The van der Waals surface area contributed by atoms with Crippen LogP contribution in [0.4, 0.5) is 18.0 Å². The highest BCUT2D eigenvalue weighted by Gasteiger charge is 2.43. The number of hydrogen-bond acceptors (Lipinski definition) is 8. The molecular weight excluding hydrogens is 545 g/mol. The molecule has 3 heterocycles. The van der Waals surface area contributed by atoms with E-state index in [0.29, 0.717) is 11.1 Å². The molecule has 0 saturated carbocycles. The average molecular weight is 571 g/mol. The number of pyridine rings is 1. The number of methoxy groups -OCH3 is 2. The number of rotatable bonds is 5. The van der Waals surface area contributed by atoms with E-state index in [-0.39, 0.29) is 35.1 Å². The lowest BCUT2D eigenvalue weighted by Crippen LogP contribution is -2.44. The van der Waals surface area contributed by atoms with Gasteiger partial charge in [-0.3, -0.25) is 4.90 Å². The molecule has 1 fully saturated rings. The molecule has 10 nitrogen and oxygen atoms in total. The standard InChI is InChI=1S/C25H26ClF3N4O6/c1-24(2,3)39-23(35)32-12-13(10-15(32)22(34)37-5)38-17-11-19(33-9-8-18(31-33)25(27,28)29)30-21-14(17)6-7-16(36-4)20(21)26/h6-9,11,13,15H,10,12H2,1-5H3. The zero-order valence-corrected chi connectivity index (χ0v) is 22.5. The molecule has 1 saturated heterocycles. The SMILES string of the molecule is COC(=O)C1CC(Oc2cc(-n3ccc(C(F)(F)F)n3)nc3c(Cl)c(OC)ccc23)CN1C(=O)OC(C)(C)C. The fourth-order valence-electron chi connectivity index (χ4n) is 4.12. The first kappa shape index (κ1) is 28.3. The van der Waals surface area contributed by atoms with Crippen molar-refractivity contribution in [2.45, 2.75) is 51.1 Å². The third-order valence-electron chi connectivity index (χ3n) is 5.82. The van der Waals surface area contributed by atoms with E-state index in [9.17, 15) is 22.8 Å². The predicted octanol–water partition coefficient (Wildman–Crippen LogP) is 5.03. The van der Waals surface area contributed by atoms with Crippen LogP contribution in [0.1, 0.15) is 32.9 Å². The highest BCUT2D eigenvalue weighted by Crippen LogP contribution is 2.38. The van der Waals surface area contributed by atoms with Crippen molar-refractivity contribution >= 4 is 34.6 Å². The third kappa shape index (κ3) is 5.97. The Bertz CT molecular complexity index is 1400. The molecule has 4 rings (SSSR count). The zero-order valence-electron chi connectivity index (χ0n) is 21.7. The number of benzene rings is 1. The first-order chi connectivity index (χ1) is 18.2. The molecule has 1 aromatic carbocycles. The van der Waals surface area contributed by atoms with Crippen molar-refractivity contribution in [1.29, 1.82) is 0 Å². The maximum atomic E-state index is 13.2. The first-order valence-electron chi connectivity index (χ1n) is 11.8. The van der Waals surface area contributed by atoms with E-state index in [0.717, 1.165) is 16.9 Å². The van der Waals surface area contributed by atoms with E-state index in [2.05, 4.69) is 10.1 Å². The first-order valence-corrected chi connectivity index (χ1v) is 12.1. The van der Waals surface area contributed by atoms with Crippen LogP contribution in [0.2, 0.25) is 5.02 Å². The minimum Gasteiger partial charge on any atom is -0.495 e. The smallest absolute Gasteiger partial charge is 0.435 e. The molecule has 3 aromatic rings. The van der Waals surface area contributed by atoms with Gasteiger partial charge in [0.1, 0.15) is 34.3 Å². The summed E-state index contributed by atoms with van der Waals surface area (Å²) >= 11 is 6.49. The number of alkyl halides is 3. The topological polar surface area (TPSA) is 105 Å². The van der Waals surface area contributed by atoms with Crippen LogP contribution in [0.3, 0.4) is 0 Å². The lowest BCUT2D eigenvalue weighted by atomic mass is 10.1. The Kier molecular flexibility index (Phi) is 7.57. The third-order valence-corrected chi connectivity index (χ3v) is 6.19. The van der Waals surface area contributed by atoms with Crippen molar-refractivity contribution in [3.63, 3.8) is 0 Å². The molecule has 2 aromatic heterocycles. The second kappa shape index (κ2) is 10.4. The zero-order chi connectivity index (χ0) is 28.7. The van der Waals surface area contributed by atoms with Gasteiger partial charge in [-0.05, 0) is 39.0 Å². The fraction of sp³-hybridized carbons (Fsp3) is 0.440. The maximum Gasteiger partial charge on any atom is 0.435 e. The molecule has 1 aliphatic rings. The number of ether oxygens (including phenoxy) is 4. The highest BCUT2D eigenvalue weighted by atomic mass is 35.5. The predicted molar refractivity (Wildman–Crippen MR) is 133 cm³/mol. The van der Waals surface area contributed by atoms with Gasteiger partial charge in [-0.25, -0.2) is 19.3 Å². The van der Waals surface area contributed by atoms with E-state index in [1.165, 1.54) is 25.2 Å². The van der Waals surface area contributed by atoms with Gasteiger partial charge in [0.2, 0.25) is 0 Å². The van der Waals surface area contributed by atoms with Gasteiger partial charge in [-0.1, -0.05) is 11.6 Å². The van der Waals surface area contributed by atoms with Crippen molar-refractivity contribution < 1.29 is 41.7 Å². The molecule has 39 heavy (non-hydrogen) atoms. The highest BCUT2D eigenvalue weighted by molar-refractivity contribution is 6.36. The normalized spacial score (nSPS) is 17.8. The summed E-state index contributed by atoms with van der Waals surface area (Å²) in [6.07, 6.45) is -4.88. The van der Waals surface area contributed by atoms with Gasteiger partial charge in [-0.2, -0.15) is 18.3 Å². The molecule has 2 atom stereocenters. The summed E-state index contributed by atoms with van der Waals surface area (Å²) in [5.41, 5.74) is -1.71. The van der Waals surface area contributed by atoms with Crippen LogP contribution in [-0.2, 0) is 20.4 Å². The van der Waals surface area contributed by atoms with Crippen molar-refractivity contribution in [2.75, 3.05) is 20.8 Å². The van der Waals surface area contributed by atoms with Gasteiger partial charge >= 0.3 is 18.2 Å². The largest absolute Gasteiger partial charge is 0.495 e. The van der Waals surface area contributed by atoms with Crippen molar-refractivity contribution in [3.8, 4) is 17.3 Å². The van der Waals surface area contributed by atoms with Crippen LogP contribution >= 0.6 is 11.6 Å². The molecular formula is C25H26ClF3N4O6. The number of aromatic nitrogens is 3. The van der Waals surface area contributed by atoms with Crippen molar-refractivity contribution in [2.24, 2.45) is 0 Å². The van der Waals surface area contributed by atoms with E-state index in [4.69, 9.17) is 30.5 Å². The minimum absolute atomic E-state index is 0.00494. The Balaban J connectivity index is 1.74.